The van der Waals surface area contributed by atoms with Crippen LogP contribution in [0.4, 0.5) is 0 Å². The van der Waals surface area contributed by atoms with Gasteiger partial charge in [-0.1, -0.05) is 18.2 Å². The average Bonchev–Trinajstić information content (AvgIpc) is 3.32. The fourth-order valence-corrected chi connectivity index (χ4v) is 3.02. The molecule has 7 heteroatoms. The molecule has 1 amide bonds. The highest BCUT2D eigenvalue weighted by Gasteiger charge is 2.18. The zero-order valence-corrected chi connectivity index (χ0v) is 15.1. The second-order valence-corrected chi connectivity index (χ2v) is 6.10. The number of para-hydroxylation sites is 1. The highest BCUT2D eigenvalue weighted by Crippen LogP contribution is 2.35. The zero-order valence-electron chi connectivity index (χ0n) is 15.1. The normalized spacial score (nSPS) is 12.1. The number of carbonyl (C=O) groups excluding carboxylic acids is 1. The van der Waals surface area contributed by atoms with E-state index < -0.39 is 0 Å². The lowest BCUT2D eigenvalue weighted by Crippen LogP contribution is -2.23. The number of aromatic nitrogens is 2. The van der Waals surface area contributed by atoms with Gasteiger partial charge in [0.15, 0.2) is 17.2 Å². The maximum atomic E-state index is 12.5. The maximum absolute atomic E-state index is 12.5. The molecule has 1 aliphatic heterocycles. The largest absolute Gasteiger partial charge is 0.496 e. The van der Waals surface area contributed by atoms with Crippen LogP contribution in [-0.2, 0) is 13.6 Å². The van der Waals surface area contributed by atoms with E-state index in [2.05, 4.69) is 10.4 Å². The smallest absolute Gasteiger partial charge is 0.272 e. The lowest BCUT2D eigenvalue weighted by atomic mass is 10.1. The summed E-state index contributed by atoms with van der Waals surface area (Å²) in [6.07, 6.45) is 0. The predicted octanol–water partition coefficient (Wildman–Crippen LogP) is 2.75. The molecule has 0 unspecified atom stereocenters. The second-order valence-electron chi connectivity index (χ2n) is 6.10. The van der Waals surface area contributed by atoms with Crippen LogP contribution in [0.3, 0.4) is 0 Å². The molecule has 1 aliphatic rings. The van der Waals surface area contributed by atoms with Crippen LogP contribution in [0.5, 0.6) is 17.2 Å². The van der Waals surface area contributed by atoms with Gasteiger partial charge in [-0.2, -0.15) is 5.10 Å². The first kappa shape index (κ1) is 17.0. The predicted molar refractivity (Wildman–Crippen MR) is 98.9 cm³/mol. The van der Waals surface area contributed by atoms with Crippen LogP contribution in [-0.4, -0.2) is 29.6 Å². The molecule has 0 bridgehead atoms. The first-order valence-electron chi connectivity index (χ1n) is 8.50. The summed E-state index contributed by atoms with van der Waals surface area (Å²) >= 11 is 0. The van der Waals surface area contributed by atoms with Crippen molar-refractivity contribution in [3.63, 3.8) is 0 Å². The van der Waals surface area contributed by atoms with Crippen molar-refractivity contribution in [2.75, 3.05) is 13.9 Å². The van der Waals surface area contributed by atoms with E-state index in [1.807, 2.05) is 42.5 Å². The topological polar surface area (TPSA) is 74.6 Å². The Balaban J connectivity index is 1.51. The van der Waals surface area contributed by atoms with E-state index in [1.165, 1.54) is 0 Å². The molecule has 0 spiro atoms. The third kappa shape index (κ3) is 3.31. The Bertz CT molecular complexity index is 997. The number of nitrogens with one attached hydrogen (secondary N) is 1. The van der Waals surface area contributed by atoms with Gasteiger partial charge in [0, 0.05) is 24.7 Å². The first-order chi connectivity index (χ1) is 13.2. The number of methoxy groups -OCH3 is 1. The summed E-state index contributed by atoms with van der Waals surface area (Å²) in [5.41, 5.74) is 2.97. The van der Waals surface area contributed by atoms with Crippen molar-refractivity contribution in [2.24, 2.45) is 7.05 Å². The molecule has 0 atom stereocenters. The zero-order chi connectivity index (χ0) is 18.8. The van der Waals surface area contributed by atoms with Crippen LogP contribution in [0.25, 0.3) is 11.3 Å². The van der Waals surface area contributed by atoms with Crippen LogP contribution in [0, 0.1) is 0 Å². The molecule has 0 saturated carbocycles. The van der Waals surface area contributed by atoms with Crippen LogP contribution >= 0.6 is 0 Å². The molecule has 138 valence electrons. The summed E-state index contributed by atoms with van der Waals surface area (Å²) < 4.78 is 17.7. The van der Waals surface area contributed by atoms with Crippen LogP contribution < -0.4 is 19.5 Å². The highest BCUT2D eigenvalue weighted by atomic mass is 16.7. The lowest BCUT2D eigenvalue weighted by molar-refractivity contribution is 0.0945. The molecule has 0 aliphatic carbocycles. The van der Waals surface area contributed by atoms with E-state index >= 15 is 0 Å². The molecular formula is C20H19N3O4. The number of aryl methyl sites for hydroxylation is 1. The van der Waals surface area contributed by atoms with Crippen LogP contribution in [0.2, 0.25) is 0 Å². The molecule has 0 fully saturated rings. The van der Waals surface area contributed by atoms with Crippen molar-refractivity contribution in [1.82, 2.24) is 15.1 Å². The van der Waals surface area contributed by atoms with E-state index in [1.54, 1.807) is 24.9 Å². The van der Waals surface area contributed by atoms with Gasteiger partial charge in [0.05, 0.1) is 12.8 Å². The monoisotopic (exact) mass is 365 g/mol. The van der Waals surface area contributed by atoms with Crippen molar-refractivity contribution < 1.29 is 19.0 Å². The van der Waals surface area contributed by atoms with Gasteiger partial charge < -0.3 is 19.5 Å². The molecule has 4 rings (SSSR count). The van der Waals surface area contributed by atoms with Crippen molar-refractivity contribution in [2.45, 2.75) is 6.54 Å². The van der Waals surface area contributed by atoms with E-state index in [0.29, 0.717) is 18.0 Å². The fraction of sp³-hybridized carbons (Fsp3) is 0.200. The Labute approximate surface area is 156 Å². The van der Waals surface area contributed by atoms with Crippen molar-refractivity contribution >= 4 is 5.91 Å². The Morgan fingerprint density at radius 2 is 2.00 bits per heavy atom. The number of rotatable bonds is 5. The van der Waals surface area contributed by atoms with Gasteiger partial charge in [0.25, 0.3) is 5.91 Å². The van der Waals surface area contributed by atoms with Gasteiger partial charge in [-0.25, -0.2) is 0 Å². The van der Waals surface area contributed by atoms with Crippen molar-refractivity contribution in [1.29, 1.82) is 0 Å². The Hall–Kier alpha value is -3.48. The van der Waals surface area contributed by atoms with Gasteiger partial charge in [0.1, 0.15) is 5.75 Å². The van der Waals surface area contributed by atoms with E-state index in [9.17, 15) is 4.79 Å². The average molecular weight is 365 g/mol. The molecule has 2 aromatic carbocycles. The summed E-state index contributed by atoms with van der Waals surface area (Å²) in [6.45, 7) is 0.583. The second kappa shape index (κ2) is 7.03. The third-order valence-corrected chi connectivity index (χ3v) is 4.41. The van der Waals surface area contributed by atoms with Crippen molar-refractivity contribution in [3.05, 3.63) is 59.8 Å². The minimum Gasteiger partial charge on any atom is -0.496 e. The van der Waals surface area contributed by atoms with E-state index in [-0.39, 0.29) is 12.7 Å². The van der Waals surface area contributed by atoms with Crippen LogP contribution in [0.1, 0.15) is 16.1 Å². The molecule has 1 N–H and O–H groups in total. The number of benzene rings is 2. The number of nitrogens with zero attached hydrogens (tertiary/aromatic N) is 2. The lowest BCUT2D eigenvalue weighted by Gasteiger charge is -2.08. The number of amides is 1. The summed E-state index contributed by atoms with van der Waals surface area (Å²) in [5, 5.41) is 7.22. The number of ether oxygens (including phenoxy) is 3. The minimum absolute atomic E-state index is 0.223. The van der Waals surface area contributed by atoms with E-state index in [4.69, 9.17) is 14.2 Å². The molecule has 1 aromatic heterocycles. The standard InChI is InChI=1S/C20H19N3O4/c1-23-16(13-7-8-18-19(9-13)27-12-26-18)10-15(22-23)20(24)21-11-14-5-3-4-6-17(14)25-2/h3-10H,11-12H2,1-2H3,(H,21,24). The number of carbonyl (C=O) groups is 1. The summed E-state index contributed by atoms with van der Waals surface area (Å²) in [5.74, 6) is 1.90. The van der Waals surface area contributed by atoms with Gasteiger partial charge in [-0.15, -0.1) is 0 Å². The SMILES string of the molecule is COc1ccccc1CNC(=O)c1cc(-c2ccc3c(c2)OCO3)n(C)n1. The quantitative estimate of drug-likeness (QED) is 0.753. The van der Waals surface area contributed by atoms with Gasteiger partial charge in [-0.05, 0) is 30.3 Å². The van der Waals surface area contributed by atoms with Crippen molar-refractivity contribution in [3.8, 4) is 28.5 Å². The molecule has 7 nitrogen and oxygen atoms in total. The summed E-state index contributed by atoms with van der Waals surface area (Å²) in [4.78, 5) is 12.5. The first-order valence-corrected chi connectivity index (χ1v) is 8.50. The molecule has 0 saturated heterocycles. The van der Waals surface area contributed by atoms with Gasteiger partial charge in [-0.3, -0.25) is 9.48 Å². The molecular weight excluding hydrogens is 346 g/mol. The molecule has 3 aromatic rings. The van der Waals surface area contributed by atoms with Gasteiger partial charge in [0.2, 0.25) is 6.79 Å². The minimum atomic E-state index is -0.247. The molecule has 2 heterocycles. The summed E-state index contributed by atoms with van der Waals surface area (Å²) in [6, 6.07) is 15.0. The third-order valence-electron chi connectivity index (χ3n) is 4.41. The number of hydrogen-bond donors (Lipinski definition) is 1. The Morgan fingerprint density at radius 1 is 1.19 bits per heavy atom. The number of fused-ring (bicyclic) bond motifs is 1. The number of hydrogen-bond acceptors (Lipinski definition) is 5. The fourth-order valence-electron chi connectivity index (χ4n) is 3.02. The van der Waals surface area contributed by atoms with E-state index in [0.717, 1.165) is 28.3 Å². The highest BCUT2D eigenvalue weighted by molar-refractivity contribution is 5.93. The molecule has 0 radical (unpaired) electrons. The summed E-state index contributed by atoms with van der Waals surface area (Å²) in [7, 11) is 3.41. The van der Waals surface area contributed by atoms with Gasteiger partial charge >= 0.3 is 0 Å². The van der Waals surface area contributed by atoms with Crippen LogP contribution in [0.15, 0.2) is 48.5 Å². The maximum Gasteiger partial charge on any atom is 0.272 e. The Kier molecular flexibility index (Phi) is 4.42. The Morgan fingerprint density at radius 3 is 2.85 bits per heavy atom. The molecule has 27 heavy (non-hydrogen) atoms.